The highest BCUT2D eigenvalue weighted by Gasteiger charge is 2.28. The van der Waals surface area contributed by atoms with E-state index in [1.807, 2.05) is 13.8 Å². The molecule has 7 nitrogen and oxygen atoms in total. The summed E-state index contributed by atoms with van der Waals surface area (Å²) >= 11 is 0. The predicted octanol–water partition coefficient (Wildman–Crippen LogP) is 1.08. The number of carbonyl (C=O) groups is 2. The second-order valence-electron chi connectivity index (χ2n) is 6.60. The fourth-order valence-corrected chi connectivity index (χ4v) is 3.64. The summed E-state index contributed by atoms with van der Waals surface area (Å²) in [5.41, 5.74) is 1.98. The number of H-pyrrole nitrogens is 1. The molecular weight excluding hydrogens is 320 g/mol. The molecule has 0 unspecified atom stereocenters. The zero-order valence-electron chi connectivity index (χ0n) is 15.0. The highest BCUT2D eigenvalue weighted by Crippen LogP contribution is 2.19. The molecule has 1 aliphatic heterocycles. The Kier molecular flexibility index (Phi) is 5.11. The summed E-state index contributed by atoms with van der Waals surface area (Å²) < 4.78 is 0. The third kappa shape index (κ3) is 3.41. The molecule has 0 bridgehead atoms. The van der Waals surface area contributed by atoms with Gasteiger partial charge in [-0.2, -0.15) is 0 Å². The van der Waals surface area contributed by atoms with E-state index in [0.29, 0.717) is 39.3 Å². The van der Waals surface area contributed by atoms with Crippen molar-refractivity contribution in [2.24, 2.45) is 0 Å². The molecule has 1 aliphatic carbocycles. The van der Waals surface area contributed by atoms with E-state index >= 15 is 0 Å². The standard InChI is InChI=1S/C18H26N4O3/c1-3-20(4-2)18(25)22-10-8-21(9-11-22)17(24)14-12-13-6-5-7-15(13)19-16(14)23/h12H,3-11H2,1-2H3,(H,19,23). The molecule has 0 saturated carbocycles. The summed E-state index contributed by atoms with van der Waals surface area (Å²) in [5, 5.41) is 0. The maximum absolute atomic E-state index is 12.7. The number of carbonyl (C=O) groups excluding carboxylic acids is 2. The van der Waals surface area contributed by atoms with E-state index in [-0.39, 0.29) is 23.1 Å². The molecule has 0 atom stereocenters. The van der Waals surface area contributed by atoms with Gasteiger partial charge in [-0.1, -0.05) is 0 Å². The molecule has 0 radical (unpaired) electrons. The van der Waals surface area contributed by atoms with Gasteiger partial charge in [0.1, 0.15) is 5.56 Å². The first-order valence-electron chi connectivity index (χ1n) is 9.13. The molecule has 0 spiro atoms. The number of fused-ring (bicyclic) bond motifs is 1. The zero-order valence-corrected chi connectivity index (χ0v) is 15.0. The second-order valence-corrected chi connectivity index (χ2v) is 6.60. The van der Waals surface area contributed by atoms with Gasteiger partial charge < -0.3 is 19.7 Å². The second kappa shape index (κ2) is 7.29. The average Bonchev–Trinajstić information content (AvgIpc) is 3.08. The van der Waals surface area contributed by atoms with Gasteiger partial charge in [0, 0.05) is 45.0 Å². The van der Waals surface area contributed by atoms with Crippen molar-refractivity contribution in [2.75, 3.05) is 39.3 Å². The van der Waals surface area contributed by atoms with Gasteiger partial charge in [0.05, 0.1) is 0 Å². The van der Waals surface area contributed by atoms with Crippen LogP contribution in [0.1, 0.15) is 41.9 Å². The lowest BCUT2D eigenvalue weighted by atomic mass is 10.1. The van der Waals surface area contributed by atoms with Gasteiger partial charge in [0.25, 0.3) is 11.5 Å². The van der Waals surface area contributed by atoms with Gasteiger partial charge in [-0.25, -0.2) is 4.79 Å². The normalized spacial score (nSPS) is 16.7. The lowest BCUT2D eigenvalue weighted by molar-refractivity contribution is 0.0639. The van der Waals surface area contributed by atoms with Crippen molar-refractivity contribution < 1.29 is 9.59 Å². The van der Waals surface area contributed by atoms with Gasteiger partial charge in [0.2, 0.25) is 0 Å². The Bertz CT molecular complexity index is 716. The number of hydrogen-bond donors (Lipinski definition) is 1. The number of aromatic nitrogens is 1. The molecule has 1 fully saturated rings. The summed E-state index contributed by atoms with van der Waals surface area (Å²) in [5.74, 6) is -0.231. The monoisotopic (exact) mass is 346 g/mol. The van der Waals surface area contributed by atoms with E-state index in [1.54, 1.807) is 20.8 Å². The maximum atomic E-state index is 12.7. The first kappa shape index (κ1) is 17.5. The fourth-order valence-electron chi connectivity index (χ4n) is 3.64. The third-order valence-corrected chi connectivity index (χ3v) is 5.19. The van der Waals surface area contributed by atoms with E-state index < -0.39 is 0 Å². The maximum Gasteiger partial charge on any atom is 0.320 e. The Labute approximate surface area is 147 Å². The summed E-state index contributed by atoms with van der Waals surface area (Å²) in [6.45, 7) is 7.21. The highest BCUT2D eigenvalue weighted by molar-refractivity contribution is 5.94. The molecule has 1 saturated heterocycles. The molecule has 0 aromatic carbocycles. The number of aryl methyl sites for hydroxylation is 2. The topological polar surface area (TPSA) is 76.7 Å². The molecule has 1 aromatic rings. The molecule has 136 valence electrons. The van der Waals surface area contributed by atoms with Crippen molar-refractivity contribution in [3.63, 3.8) is 0 Å². The minimum absolute atomic E-state index is 0.0208. The van der Waals surface area contributed by atoms with Crippen LogP contribution in [-0.4, -0.2) is 70.9 Å². The lowest BCUT2D eigenvalue weighted by Gasteiger charge is -2.37. The largest absolute Gasteiger partial charge is 0.335 e. The number of amides is 3. The Morgan fingerprint density at radius 3 is 2.36 bits per heavy atom. The minimum Gasteiger partial charge on any atom is -0.335 e. The van der Waals surface area contributed by atoms with Crippen LogP contribution in [0.5, 0.6) is 0 Å². The molecule has 1 aromatic heterocycles. The number of piperazine rings is 1. The van der Waals surface area contributed by atoms with Crippen molar-refractivity contribution in [1.82, 2.24) is 19.7 Å². The van der Waals surface area contributed by atoms with Crippen LogP contribution in [-0.2, 0) is 12.8 Å². The average molecular weight is 346 g/mol. The third-order valence-electron chi connectivity index (χ3n) is 5.19. The van der Waals surface area contributed by atoms with Crippen LogP contribution >= 0.6 is 0 Å². The van der Waals surface area contributed by atoms with Crippen molar-refractivity contribution in [2.45, 2.75) is 33.1 Å². The summed E-state index contributed by atoms with van der Waals surface area (Å²) in [6.07, 6.45) is 2.82. The molecule has 2 aliphatic rings. The van der Waals surface area contributed by atoms with Crippen LogP contribution in [0.15, 0.2) is 10.9 Å². The first-order chi connectivity index (χ1) is 12.0. The van der Waals surface area contributed by atoms with Gasteiger partial charge in [-0.3, -0.25) is 9.59 Å². The number of rotatable bonds is 3. The molecule has 1 N–H and O–H groups in total. The Morgan fingerprint density at radius 1 is 1.08 bits per heavy atom. The van der Waals surface area contributed by atoms with Crippen LogP contribution < -0.4 is 5.56 Å². The number of nitrogens with one attached hydrogen (secondary N) is 1. The van der Waals surface area contributed by atoms with Crippen LogP contribution in [0.3, 0.4) is 0 Å². The van der Waals surface area contributed by atoms with Crippen molar-refractivity contribution in [1.29, 1.82) is 0 Å². The summed E-state index contributed by atoms with van der Waals surface area (Å²) in [7, 11) is 0. The van der Waals surface area contributed by atoms with E-state index in [1.165, 1.54) is 0 Å². The van der Waals surface area contributed by atoms with E-state index in [9.17, 15) is 14.4 Å². The van der Waals surface area contributed by atoms with E-state index in [4.69, 9.17) is 0 Å². The number of urea groups is 1. The van der Waals surface area contributed by atoms with Gasteiger partial charge in [-0.15, -0.1) is 0 Å². The van der Waals surface area contributed by atoms with Gasteiger partial charge in [0.15, 0.2) is 0 Å². The lowest BCUT2D eigenvalue weighted by Crippen LogP contribution is -2.54. The number of hydrogen-bond acceptors (Lipinski definition) is 3. The van der Waals surface area contributed by atoms with Crippen LogP contribution in [0.4, 0.5) is 4.79 Å². The molecular formula is C18H26N4O3. The van der Waals surface area contributed by atoms with Crippen LogP contribution in [0.25, 0.3) is 0 Å². The van der Waals surface area contributed by atoms with Crippen molar-refractivity contribution in [3.05, 3.63) is 33.2 Å². The Morgan fingerprint density at radius 2 is 1.72 bits per heavy atom. The van der Waals surface area contributed by atoms with Crippen molar-refractivity contribution in [3.8, 4) is 0 Å². The number of nitrogens with zero attached hydrogens (tertiary/aromatic N) is 3. The zero-order chi connectivity index (χ0) is 18.0. The van der Waals surface area contributed by atoms with Gasteiger partial charge >= 0.3 is 6.03 Å². The molecule has 3 rings (SSSR count). The first-order valence-corrected chi connectivity index (χ1v) is 9.13. The van der Waals surface area contributed by atoms with Crippen molar-refractivity contribution >= 4 is 11.9 Å². The molecule has 3 amide bonds. The summed E-state index contributed by atoms with van der Waals surface area (Å²) in [6, 6.07) is 1.78. The quantitative estimate of drug-likeness (QED) is 0.890. The molecule has 2 heterocycles. The number of pyridine rings is 1. The minimum atomic E-state index is -0.299. The SMILES string of the molecule is CCN(CC)C(=O)N1CCN(C(=O)c2cc3c([nH]c2=O)CCC3)CC1. The van der Waals surface area contributed by atoms with E-state index in [0.717, 1.165) is 30.5 Å². The Hall–Kier alpha value is -2.31. The number of aromatic amines is 1. The Balaban J connectivity index is 1.66. The molecule has 7 heteroatoms. The van der Waals surface area contributed by atoms with E-state index in [2.05, 4.69) is 4.98 Å². The van der Waals surface area contributed by atoms with Gasteiger partial charge in [-0.05, 0) is 44.7 Å². The molecule has 25 heavy (non-hydrogen) atoms. The fraction of sp³-hybridized carbons (Fsp3) is 0.611. The van der Waals surface area contributed by atoms with Crippen LogP contribution in [0.2, 0.25) is 0 Å². The van der Waals surface area contributed by atoms with Crippen LogP contribution in [0, 0.1) is 0 Å². The highest BCUT2D eigenvalue weighted by atomic mass is 16.2. The summed E-state index contributed by atoms with van der Waals surface area (Å²) in [4.78, 5) is 45.4. The smallest absolute Gasteiger partial charge is 0.320 e. The predicted molar refractivity (Wildman–Crippen MR) is 94.9 cm³/mol.